The Morgan fingerprint density at radius 1 is 1.00 bits per heavy atom. The van der Waals surface area contributed by atoms with Crippen molar-refractivity contribution in [1.29, 1.82) is 0 Å². The van der Waals surface area contributed by atoms with Gasteiger partial charge in [0, 0.05) is 5.56 Å². The van der Waals surface area contributed by atoms with E-state index in [-0.39, 0.29) is 17.4 Å². The van der Waals surface area contributed by atoms with Crippen LogP contribution in [0.25, 0.3) is 0 Å². The van der Waals surface area contributed by atoms with Gasteiger partial charge in [-0.3, -0.25) is 4.79 Å². The molecule has 1 amide bonds. The lowest BCUT2D eigenvalue weighted by Crippen LogP contribution is -2.28. The second-order valence-electron chi connectivity index (χ2n) is 7.38. The van der Waals surface area contributed by atoms with E-state index in [0.717, 1.165) is 12.0 Å². The number of hydrogen-bond donors (Lipinski definition) is 1. The molecule has 0 aromatic heterocycles. The Labute approximate surface area is 156 Å². The average Bonchev–Trinajstić information content (AvgIpc) is 2.64. The van der Waals surface area contributed by atoms with Gasteiger partial charge < -0.3 is 14.8 Å². The molecule has 0 spiro atoms. The van der Waals surface area contributed by atoms with Gasteiger partial charge in [-0.2, -0.15) is 0 Å². The summed E-state index contributed by atoms with van der Waals surface area (Å²) in [6.07, 6.45) is 0.779. The van der Waals surface area contributed by atoms with Crippen LogP contribution in [0.4, 0.5) is 0 Å². The van der Waals surface area contributed by atoms with Crippen molar-refractivity contribution in [2.75, 3.05) is 14.2 Å². The quantitative estimate of drug-likeness (QED) is 0.803. The minimum absolute atomic E-state index is 0.0700. The summed E-state index contributed by atoms with van der Waals surface area (Å²) in [5, 5.41) is 3.11. The number of carbonyl (C=O) groups is 1. The first-order chi connectivity index (χ1) is 12.3. The van der Waals surface area contributed by atoms with Crippen LogP contribution in [0.1, 0.15) is 61.6 Å². The molecule has 0 aliphatic rings. The SMILES string of the molecule is CCC(NC(=O)c1ccc(C(C)(C)C)cc1)c1ccc(OC)c(OC)c1. The fourth-order valence-corrected chi connectivity index (χ4v) is 2.85. The van der Waals surface area contributed by atoms with Crippen molar-refractivity contribution in [1.82, 2.24) is 5.32 Å². The van der Waals surface area contributed by atoms with E-state index < -0.39 is 0 Å². The van der Waals surface area contributed by atoms with Crippen LogP contribution in [-0.2, 0) is 5.41 Å². The molecule has 1 N–H and O–H groups in total. The predicted octanol–water partition coefficient (Wildman–Crippen LogP) is 4.88. The number of amides is 1. The van der Waals surface area contributed by atoms with Gasteiger partial charge in [-0.15, -0.1) is 0 Å². The van der Waals surface area contributed by atoms with Crippen LogP contribution in [0, 0.1) is 0 Å². The second kappa shape index (κ2) is 8.26. The molecule has 0 aliphatic carbocycles. The lowest BCUT2D eigenvalue weighted by molar-refractivity contribution is 0.0935. The van der Waals surface area contributed by atoms with Crippen molar-refractivity contribution in [3.05, 3.63) is 59.2 Å². The minimum atomic E-state index is -0.0930. The summed E-state index contributed by atoms with van der Waals surface area (Å²) in [7, 11) is 3.22. The Balaban J connectivity index is 2.18. The van der Waals surface area contributed by atoms with Gasteiger partial charge in [-0.1, -0.05) is 45.9 Å². The average molecular weight is 355 g/mol. The Morgan fingerprint density at radius 2 is 1.62 bits per heavy atom. The zero-order valence-electron chi connectivity index (χ0n) is 16.6. The smallest absolute Gasteiger partial charge is 0.251 e. The number of benzene rings is 2. The van der Waals surface area contributed by atoms with Crippen molar-refractivity contribution < 1.29 is 14.3 Å². The van der Waals surface area contributed by atoms with Gasteiger partial charge in [0.05, 0.1) is 20.3 Å². The number of rotatable bonds is 6. The van der Waals surface area contributed by atoms with Crippen LogP contribution in [0.2, 0.25) is 0 Å². The van der Waals surface area contributed by atoms with Crippen LogP contribution >= 0.6 is 0 Å². The molecule has 1 atom stereocenters. The Morgan fingerprint density at radius 3 is 2.12 bits per heavy atom. The molecule has 0 bridgehead atoms. The normalized spacial score (nSPS) is 12.4. The highest BCUT2D eigenvalue weighted by Gasteiger charge is 2.18. The maximum atomic E-state index is 12.7. The molecule has 4 heteroatoms. The van der Waals surface area contributed by atoms with Gasteiger partial charge >= 0.3 is 0 Å². The Hall–Kier alpha value is -2.49. The maximum Gasteiger partial charge on any atom is 0.251 e. The first-order valence-electron chi connectivity index (χ1n) is 8.93. The molecule has 0 heterocycles. The topological polar surface area (TPSA) is 47.6 Å². The first-order valence-corrected chi connectivity index (χ1v) is 8.93. The summed E-state index contributed by atoms with van der Waals surface area (Å²) < 4.78 is 10.6. The molecule has 4 nitrogen and oxygen atoms in total. The predicted molar refractivity (Wildman–Crippen MR) is 105 cm³/mol. The van der Waals surface area contributed by atoms with Crippen molar-refractivity contribution in [3.8, 4) is 11.5 Å². The van der Waals surface area contributed by atoms with E-state index in [1.807, 2.05) is 49.4 Å². The molecule has 2 aromatic carbocycles. The summed E-state index contributed by atoms with van der Waals surface area (Å²) in [5.41, 5.74) is 2.93. The number of nitrogens with one attached hydrogen (secondary N) is 1. The second-order valence-corrected chi connectivity index (χ2v) is 7.38. The van der Waals surface area contributed by atoms with Gasteiger partial charge in [-0.05, 0) is 47.2 Å². The molecule has 140 valence electrons. The summed E-state index contributed by atoms with van der Waals surface area (Å²) >= 11 is 0. The first kappa shape index (κ1) is 19.8. The zero-order chi connectivity index (χ0) is 19.3. The minimum Gasteiger partial charge on any atom is -0.493 e. The molecule has 2 aromatic rings. The van der Waals surface area contributed by atoms with E-state index in [2.05, 4.69) is 26.1 Å². The monoisotopic (exact) mass is 355 g/mol. The van der Waals surface area contributed by atoms with Crippen molar-refractivity contribution in [2.24, 2.45) is 0 Å². The number of hydrogen-bond acceptors (Lipinski definition) is 3. The third-order valence-corrected chi connectivity index (χ3v) is 4.54. The molecule has 0 saturated carbocycles. The molecule has 2 rings (SSSR count). The van der Waals surface area contributed by atoms with Crippen LogP contribution in [0.5, 0.6) is 11.5 Å². The van der Waals surface area contributed by atoms with Gasteiger partial charge in [0.1, 0.15) is 0 Å². The van der Waals surface area contributed by atoms with Gasteiger partial charge in [0.2, 0.25) is 0 Å². The summed E-state index contributed by atoms with van der Waals surface area (Å²) in [4.78, 5) is 12.7. The lowest BCUT2D eigenvalue weighted by atomic mass is 9.86. The van der Waals surface area contributed by atoms with Crippen LogP contribution in [0.3, 0.4) is 0 Å². The van der Waals surface area contributed by atoms with E-state index in [9.17, 15) is 4.79 Å². The highest BCUT2D eigenvalue weighted by Crippen LogP contribution is 2.31. The van der Waals surface area contributed by atoms with Crippen LogP contribution in [-0.4, -0.2) is 20.1 Å². The molecule has 0 aliphatic heterocycles. The van der Waals surface area contributed by atoms with Gasteiger partial charge in [0.25, 0.3) is 5.91 Å². The molecular formula is C22H29NO3. The molecular weight excluding hydrogens is 326 g/mol. The highest BCUT2D eigenvalue weighted by molar-refractivity contribution is 5.94. The summed E-state index contributed by atoms with van der Waals surface area (Å²) in [5.74, 6) is 1.26. The van der Waals surface area contributed by atoms with E-state index in [1.54, 1.807) is 14.2 Å². The molecule has 26 heavy (non-hydrogen) atoms. The van der Waals surface area contributed by atoms with Gasteiger partial charge in [0.15, 0.2) is 11.5 Å². The van der Waals surface area contributed by atoms with E-state index in [0.29, 0.717) is 17.1 Å². The van der Waals surface area contributed by atoms with Crippen LogP contribution in [0.15, 0.2) is 42.5 Å². The number of carbonyl (C=O) groups excluding carboxylic acids is 1. The third kappa shape index (κ3) is 4.57. The molecule has 1 unspecified atom stereocenters. The Kier molecular flexibility index (Phi) is 6.30. The van der Waals surface area contributed by atoms with E-state index in [1.165, 1.54) is 5.56 Å². The van der Waals surface area contributed by atoms with Crippen LogP contribution < -0.4 is 14.8 Å². The van der Waals surface area contributed by atoms with Crippen molar-refractivity contribution >= 4 is 5.91 Å². The third-order valence-electron chi connectivity index (χ3n) is 4.54. The summed E-state index contributed by atoms with van der Waals surface area (Å²) in [6, 6.07) is 13.5. The lowest BCUT2D eigenvalue weighted by Gasteiger charge is -2.21. The summed E-state index contributed by atoms with van der Waals surface area (Å²) in [6.45, 7) is 8.52. The van der Waals surface area contributed by atoms with E-state index in [4.69, 9.17) is 9.47 Å². The highest BCUT2D eigenvalue weighted by atomic mass is 16.5. The molecule has 0 fully saturated rings. The molecule has 0 saturated heterocycles. The van der Waals surface area contributed by atoms with Crippen molar-refractivity contribution in [3.63, 3.8) is 0 Å². The zero-order valence-corrected chi connectivity index (χ0v) is 16.6. The van der Waals surface area contributed by atoms with Crippen molar-refractivity contribution in [2.45, 2.75) is 45.6 Å². The molecule has 0 radical (unpaired) electrons. The Bertz CT molecular complexity index is 745. The van der Waals surface area contributed by atoms with E-state index >= 15 is 0 Å². The number of methoxy groups -OCH3 is 2. The number of ether oxygens (including phenoxy) is 2. The fourth-order valence-electron chi connectivity index (χ4n) is 2.85. The largest absolute Gasteiger partial charge is 0.493 e. The standard InChI is InChI=1S/C22H29NO3/c1-7-18(16-10-13-19(25-5)20(14-16)26-6)23-21(24)15-8-11-17(12-9-15)22(2,3)4/h8-14,18H,7H2,1-6H3,(H,23,24). The maximum absolute atomic E-state index is 12.7. The van der Waals surface area contributed by atoms with Gasteiger partial charge in [-0.25, -0.2) is 0 Å². The fraction of sp³-hybridized carbons (Fsp3) is 0.409.